The van der Waals surface area contributed by atoms with Gasteiger partial charge in [0.1, 0.15) is 14.1 Å². The molecule has 4 nitrogen and oxygen atoms in total. The smallest absolute Gasteiger partial charge is 0.184 e. The van der Waals surface area contributed by atoms with Gasteiger partial charge in [0.25, 0.3) is 0 Å². The Labute approximate surface area is 262 Å². The van der Waals surface area contributed by atoms with Gasteiger partial charge in [0.05, 0.1) is 6.61 Å². The first kappa shape index (κ1) is 42.2. The summed E-state index contributed by atoms with van der Waals surface area (Å²) in [5.41, 5.74) is 7.19. The predicted molar refractivity (Wildman–Crippen MR) is 174 cm³/mol. The van der Waals surface area contributed by atoms with Crippen LogP contribution < -0.4 is 22.7 Å². The summed E-state index contributed by atoms with van der Waals surface area (Å²) in [5, 5.41) is 0. The molecular weight excluding hydrogens is 560 g/mol. The zero-order valence-electron chi connectivity index (χ0n) is 27.8. The first-order valence-corrected chi connectivity index (χ1v) is 17.6. The summed E-state index contributed by atoms with van der Waals surface area (Å²) in [7, 11) is 4.22. The minimum Gasteiger partial charge on any atom is -1.00 e. The van der Waals surface area contributed by atoms with Crippen LogP contribution in [-0.4, -0.2) is 56.9 Å². The van der Waals surface area contributed by atoms with E-state index in [1.165, 1.54) is 147 Å². The topological polar surface area (TPSA) is 47.5 Å². The number of hydrogen-bond donors (Lipinski definition) is 1. The molecule has 0 aromatic carbocycles. The van der Waals surface area contributed by atoms with Crippen molar-refractivity contribution in [1.82, 2.24) is 0 Å². The highest BCUT2D eigenvalue weighted by atomic mass is 79.9. The molecule has 2 N–H and O–H groups in total. The molecule has 242 valence electrons. The fourth-order valence-corrected chi connectivity index (χ4v) is 5.47. The van der Waals surface area contributed by atoms with Crippen LogP contribution in [0.1, 0.15) is 174 Å². The Morgan fingerprint density at radius 1 is 0.550 bits per heavy atom. The maximum Gasteiger partial charge on any atom is 0.184 e. The van der Waals surface area contributed by atoms with E-state index in [-0.39, 0.29) is 23.1 Å². The molecule has 0 heterocycles. The highest BCUT2D eigenvalue weighted by molar-refractivity contribution is 5.84. The second kappa shape index (κ2) is 35.2. The average Bonchev–Trinajstić information content (AvgIpc) is 2.93. The Balaban J connectivity index is 0. The molecule has 1 atom stereocenters. The number of rotatable bonds is 32. The van der Waals surface area contributed by atoms with Crippen LogP contribution in [0, 0.1) is 0 Å². The van der Waals surface area contributed by atoms with Crippen LogP contribution in [0.4, 0.5) is 0 Å². The lowest BCUT2D eigenvalue weighted by Crippen LogP contribution is -3.00. The van der Waals surface area contributed by atoms with Crippen molar-refractivity contribution in [3.63, 3.8) is 0 Å². The lowest BCUT2D eigenvalue weighted by Gasteiger charge is -2.18. The fraction of sp³-hybridized carbons (Fsp3) is 0.971. The number of unbranched alkanes of at least 4 members (excludes halogenated alkanes) is 22. The van der Waals surface area contributed by atoms with E-state index < -0.39 is 0 Å². The molecule has 0 fully saturated rings. The minimum atomic E-state index is 0. The normalized spacial score (nSPS) is 11.9. The third-order valence-corrected chi connectivity index (χ3v) is 8.07. The molecule has 0 aromatic rings. The quantitative estimate of drug-likeness (QED) is 0.0501. The standard InChI is InChI=1S/C35H73N2O2.BrH/c1-5-7-9-11-13-15-17-19-21-23-25-27-31-38-33-35(34(29-30-36)37(3)4)39-32-28-26-24-22-20-18-16-14-12-10-8-6-2;/h35H,5-33,36H2,1-4H3;1H/q+1;/p-1. The molecule has 40 heavy (non-hydrogen) atoms. The van der Waals surface area contributed by atoms with Crippen LogP contribution in [0.25, 0.3) is 0 Å². The lowest BCUT2D eigenvalue weighted by molar-refractivity contribution is -0.469. The maximum atomic E-state index is 6.36. The molecule has 0 saturated carbocycles. The van der Waals surface area contributed by atoms with Crippen molar-refractivity contribution in [1.29, 1.82) is 0 Å². The van der Waals surface area contributed by atoms with Crippen molar-refractivity contribution in [3.8, 4) is 0 Å². The van der Waals surface area contributed by atoms with Crippen molar-refractivity contribution in [2.45, 2.75) is 180 Å². The minimum absolute atomic E-state index is 0. The summed E-state index contributed by atoms with van der Waals surface area (Å²) < 4.78 is 14.7. The first-order valence-electron chi connectivity index (χ1n) is 17.6. The van der Waals surface area contributed by atoms with Crippen molar-refractivity contribution in [2.24, 2.45) is 5.73 Å². The Morgan fingerprint density at radius 3 is 1.25 bits per heavy atom. The van der Waals surface area contributed by atoms with Crippen LogP contribution in [0.3, 0.4) is 0 Å². The SMILES string of the molecule is CCCCCCCCCCCCCCOCC(OCCCCCCCCCCCCCC)C(CCN)=[N+](C)C.[Br-]. The van der Waals surface area contributed by atoms with E-state index in [0.717, 1.165) is 32.5 Å². The molecular formula is C35H73BrN2O2. The van der Waals surface area contributed by atoms with E-state index in [9.17, 15) is 0 Å². The molecule has 0 aromatic heterocycles. The number of nitrogens with two attached hydrogens (primary N) is 1. The monoisotopic (exact) mass is 632 g/mol. The second-order valence-corrected chi connectivity index (χ2v) is 12.1. The van der Waals surface area contributed by atoms with Crippen LogP contribution in [0.15, 0.2) is 0 Å². The Kier molecular flexibility index (Phi) is 37.1. The molecule has 1 unspecified atom stereocenters. The van der Waals surface area contributed by atoms with Crippen LogP contribution in [0.2, 0.25) is 0 Å². The molecule has 0 amide bonds. The Bertz CT molecular complexity index is 512. The maximum absolute atomic E-state index is 6.36. The van der Waals surface area contributed by atoms with Gasteiger partial charge in [-0.1, -0.05) is 155 Å². The van der Waals surface area contributed by atoms with Crippen LogP contribution in [-0.2, 0) is 9.47 Å². The van der Waals surface area contributed by atoms with E-state index in [1.54, 1.807) is 0 Å². The van der Waals surface area contributed by atoms with Crippen molar-refractivity contribution in [3.05, 3.63) is 0 Å². The van der Waals surface area contributed by atoms with E-state index in [1.807, 2.05) is 0 Å². The van der Waals surface area contributed by atoms with Gasteiger partial charge in [-0.2, -0.15) is 0 Å². The molecule has 0 aliphatic heterocycles. The molecule has 0 bridgehead atoms. The summed E-state index contributed by atoms with van der Waals surface area (Å²) in [6.07, 6.45) is 33.9. The number of nitrogens with zero attached hydrogens (tertiary/aromatic N) is 1. The van der Waals surface area contributed by atoms with Crippen molar-refractivity contribution < 1.29 is 31.0 Å². The second-order valence-electron chi connectivity index (χ2n) is 12.1. The molecule has 0 aliphatic carbocycles. The van der Waals surface area contributed by atoms with Gasteiger partial charge in [-0.05, 0) is 12.8 Å². The number of halogens is 1. The van der Waals surface area contributed by atoms with Gasteiger partial charge in [-0.15, -0.1) is 0 Å². The van der Waals surface area contributed by atoms with E-state index in [2.05, 4.69) is 32.5 Å². The summed E-state index contributed by atoms with van der Waals surface area (Å²) >= 11 is 0. The van der Waals surface area contributed by atoms with Gasteiger partial charge in [0.15, 0.2) is 11.8 Å². The number of hydrogen-bond acceptors (Lipinski definition) is 3. The zero-order valence-corrected chi connectivity index (χ0v) is 29.4. The van der Waals surface area contributed by atoms with Gasteiger partial charge in [0, 0.05) is 26.2 Å². The number of ether oxygens (including phenoxy) is 2. The van der Waals surface area contributed by atoms with E-state index in [0.29, 0.717) is 13.2 Å². The summed E-state index contributed by atoms with van der Waals surface area (Å²) in [6.45, 7) is 7.57. The lowest BCUT2D eigenvalue weighted by atomic mass is 10.1. The molecule has 0 aliphatic rings. The Hall–Kier alpha value is 0.0300. The van der Waals surface area contributed by atoms with Crippen molar-refractivity contribution in [2.75, 3.05) is 40.5 Å². The van der Waals surface area contributed by atoms with E-state index >= 15 is 0 Å². The average molecular weight is 634 g/mol. The van der Waals surface area contributed by atoms with Crippen molar-refractivity contribution >= 4 is 5.71 Å². The van der Waals surface area contributed by atoms with E-state index in [4.69, 9.17) is 15.2 Å². The van der Waals surface area contributed by atoms with Crippen LogP contribution in [0.5, 0.6) is 0 Å². The highest BCUT2D eigenvalue weighted by Crippen LogP contribution is 2.14. The molecule has 0 spiro atoms. The third kappa shape index (κ3) is 29.5. The van der Waals surface area contributed by atoms with Gasteiger partial charge in [-0.25, -0.2) is 4.58 Å². The molecule has 0 radical (unpaired) electrons. The molecule has 0 saturated heterocycles. The summed E-state index contributed by atoms with van der Waals surface area (Å²) in [5.74, 6) is 0. The Morgan fingerprint density at radius 2 is 0.900 bits per heavy atom. The fourth-order valence-electron chi connectivity index (χ4n) is 5.47. The predicted octanol–water partition coefficient (Wildman–Crippen LogP) is 6.86. The summed E-state index contributed by atoms with van der Waals surface area (Å²) in [6, 6.07) is 0. The van der Waals surface area contributed by atoms with Crippen LogP contribution >= 0.6 is 0 Å². The third-order valence-electron chi connectivity index (χ3n) is 8.07. The van der Waals surface area contributed by atoms with Gasteiger partial charge in [-0.3, -0.25) is 0 Å². The summed E-state index contributed by atoms with van der Waals surface area (Å²) in [4.78, 5) is 0. The van der Waals surface area contributed by atoms with Gasteiger partial charge in [0.2, 0.25) is 0 Å². The highest BCUT2D eigenvalue weighted by Gasteiger charge is 2.23. The molecule has 0 rings (SSSR count). The zero-order chi connectivity index (χ0) is 28.7. The van der Waals surface area contributed by atoms with Gasteiger partial charge >= 0.3 is 0 Å². The van der Waals surface area contributed by atoms with Gasteiger partial charge < -0.3 is 32.2 Å². The largest absolute Gasteiger partial charge is 1.00 e. The molecule has 5 heteroatoms. The first-order chi connectivity index (χ1) is 19.2.